The molecule has 0 radical (unpaired) electrons. The third kappa shape index (κ3) is 3.39. The summed E-state index contributed by atoms with van der Waals surface area (Å²) >= 11 is 0. The topological polar surface area (TPSA) is 65.3 Å². The molecule has 0 spiro atoms. The number of unbranched alkanes of at least 4 members (excludes halogenated alkanes) is 1. The molecule has 6 heteroatoms. The highest BCUT2D eigenvalue weighted by atomic mass is 19.1. The van der Waals surface area contributed by atoms with Crippen LogP contribution < -0.4 is 10.2 Å². The monoisotopic (exact) mass is 244 g/mol. The molecule has 0 aliphatic carbocycles. The third-order valence-electron chi connectivity index (χ3n) is 2.14. The molecule has 94 valence electrons. The summed E-state index contributed by atoms with van der Waals surface area (Å²) in [6, 6.07) is 1.85. The van der Waals surface area contributed by atoms with Crippen molar-refractivity contribution in [3.63, 3.8) is 0 Å². The molecule has 17 heavy (non-hydrogen) atoms. The molecule has 0 aromatic heterocycles. The molecule has 0 amide bonds. The Morgan fingerprint density at radius 3 is 2.47 bits per heavy atom. The molecule has 1 aromatic carbocycles. The average molecular weight is 244 g/mol. The van der Waals surface area contributed by atoms with Gasteiger partial charge in [0.05, 0.1) is 6.61 Å². The first-order valence-corrected chi connectivity index (χ1v) is 5.21. The number of hydroxylamine groups is 1. The summed E-state index contributed by atoms with van der Waals surface area (Å²) in [6.07, 6.45) is 1.56. The Labute approximate surface area is 97.7 Å². The molecule has 0 aliphatic rings. The minimum Gasteiger partial charge on any atom is -0.488 e. The molecule has 4 nitrogen and oxygen atoms in total. The molecule has 0 saturated heterocycles. The average Bonchev–Trinajstić information content (AvgIpc) is 2.31. The van der Waals surface area contributed by atoms with E-state index in [0.29, 0.717) is 6.42 Å². The molecular formula is C11H14F2N2O2. The van der Waals surface area contributed by atoms with Crippen molar-refractivity contribution in [3.8, 4) is 5.75 Å². The summed E-state index contributed by atoms with van der Waals surface area (Å²) in [7, 11) is 0. The van der Waals surface area contributed by atoms with E-state index in [1.54, 1.807) is 0 Å². The third-order valence-corrected chi connectivity index (χ3v) is 2.14. The lowest BCUT2D eigenvalue weighted by molar-refractivity contribution is 0.234. The maximum atomic E-state index is 13.5. The summed E-state index contributed by atoms with van der Waals surface area (Å²) in [5.74, 6) is -2.72. The minimum absolute atomic E-state index is 0.0923. The van der Waals surface area contributed by atoms with E-state index in [1.165, 1.54) is 5.48 Å². The number of benzene rings is 1. The second kappa shape index (κ2) is 6.15. The maximum absolute atomic E-state index is 13.5. The highest BCUT2D eigenvalue weighted by Gasteiger charge is 2.14. The Morgan fingerprint density at radius 1 is 1.41 bits per heavy atom. The summed E-state index contributed by atoms with van der Waals surface area (Å²) in [6.45, 7) is 2.17. The van der Waals surface area contributed by atoms with Gasteiger partial charge in [0, 0.05) is 5.56 Å². The van der Waals surface area contributed by atoms with Gasteiger partial charge in [-0.3, -0.25) is 16.1 Å². The van der Waals surface area contributed by atoms with E-state index in [0.717, 1.165) is 18.6 Å². The Kier molecular flexibility index (Phi) is 4.84. The first-order chi connectivity index (χ1) is 8.10. The molecule has 1 aromatic rings. The highest BCUT2D eigenvalue weighted by molar-refractivity contribution is 5.95. The van der Waals surface area contributed by atoms with Crippen LogP contribution in [0.4, 0.5) is 8.78 Å². The summed E-state index contributed by atoms with van der Waals surface area (Å²) in [5, 5.41) is 15.6. The van der Waals surface area contributed by atoms with Gasteiger partial charge in [0.2, 0.25) is 0 Å². The van der Waals surface area contributed by atoms with Gasteiger partial charge < -0.3 is 4.74 Å². The van der Waals surface area contributed by atoms with E-state index < -0.39 is 23.2 Å². The zero-order valence-electron chi connectivity index (χ0n) is 9.39. The lowest BCUT2D eigenvalue weighted by Gasteiger charge is -2.09. The quantitative estimate of drug-likeness (QED) is 0.322. The van der Waals surface area contributed by atoms with Gasteiger partial charge in [-0.05, 0) is 18.6 Å². The van der Waals surface area contributed by atoms with Crippen LogP contribution >= 0.6 is 0 Å². The van der Waals surface area contributed by atoms with E-state index in [2.05, 4.69) is 0 Å². The Balaban J connectivity index is 2.90. The van der Waals surface area contributed by atoms with Crippen LogP contribution in [-0.2, 0) is 0 Å². The summed E-state index contributed by atoms with van der Waals surface area (Å²) < 4.78 is 31.9. The number of ether oxygens (including phenoxy) is 1. The first kappa shape index (κ1) is 13.4. The van der Waals surface area contributed by atoms with Crippen molar-refractivity contribution in [2.45, 2.75) is 19.8 Å². The Bertz CT molecular complexity index is 387. The normalized spacial score (nSPS) is 10.1. The van der Waals surface area contributed by atoms with Crippen LogP contribution in [0.15, 0.2) is 12.1 Å². The molecule has 0 bridgehead atoms. The first-order valence-electron chi connectivity index (χ1n) is 5.21. The molecule has 1 rings (SSSR count). The van der Waals surface area contributed by atoms with Crippen molar-refractivity contribution >= 4 is 5.84 Å². The Morgan fingerprint density at radius 2 is 2.00 bits per heavy atom. The fourth-order valence-electron chi connectivity index (χ4n) is 1.23. The fraction of sp³-hybridized carbons (Fsp3) is 0.364. The lowest BCUT2D eigenvalue weighted by atomic mass is 10.2. The van der Waals surface area contributed by atoms with E-state index in [9.17, 15) is 8.78 Å². The largest absolute Gasteiger partial charge is 0.488 e. The summed E-state index contributed by atoms with van der Waals surface area (Å²) in [4.78, 5) is 0. The second-order valence-electron chi connectivity index (χ2n) is 3.46. The van der Waals surface area contributed by atoms with Crippen molar-refractivity contribution in [1.29, 1.82) is 5.41 Å². The van der Waals surface area contributed by atoms with Crippen LogP contribution in [0, 0.1) is 17.0 Å². The predicted molar refractivity (Wildman–Crippen MR) is 58.5 cm³/mol. The van der Waals surface area contributed by atoms with E-state index in [1.807, 2.05) is 6.92 Å². The zero-order valence-corrected chi connectivity index (χ0v) is 9.39. The zero-order chi connectivity index (χ0) is 12.8. The molecule has 0 saturated carbocycles. The van der Waals surface area contributed by atoms with Gasteiger partial charge in [0.25, 0.3) is 0 Å². The number of nitrogens with one attached hydrogen (secondary N) is 2. The Hall–Kier alpha value is -1.69. The van der Waals surface area contributed by atoms with Gasteiger partial charge >= 0.3 is 0 Å². The standard InChI is InChI=1S/C11H14F2N2O2/c1-2-3-4-17-10-8(12)5-7(6-9(10)13)11(14)15-16/h5-6,16H,2-4H2,1H3,(H2,14,15). The van der Waals surface area contributed by atoms with Crippen molar-refractivity contribution in [2.75, 3.05) is 6.61 Å². The van der Waals surface area contributed by atoms with Gasteiger partial charge in [-0.2, -0.15) is 0 Å². The number of hydrogen-bond donors (Lipinski definition) is 3. The minimum atomic E-state index is -0.892. The second-order valence-corrected chi connectivity index (χ2v) is 3.46. The van der Waals surface area contributed by atoms with Gasteiger partial charge in [-0.15, -0.1) is 0 Å². The molecule has 3 N–H and O–H groups in total. The lowest BCUT2D eigenvalue weighted by Crippen LogP contribution is -2.19. The van der Waals surface area contributed by atoms with Gasteiger partial charge in [-0.1, -0.05) is 13.3 Å². The molecular weight excluding hydrogens is 230 g/mol. The number of amidine groups is 1. The molecule has 0 unspecified atom stereocenters. The molecule has 0 heterocycles. The van der Waals surface area contributed by atoms with Gasteiger partial charge in [0.1, 0.15) is 5.84 Å². The van der Waals surface area contributed by atoms with Crippen molar-refractivity contribution in [3.05, 3.63) is 29.3 Å². The van der Waals surface area contributed by atoms with Gasteiger partial charge in [0.15, 0.2) is 17.4 Å². The van der Waals surface area contributed by atoms with E-state index >= 15 is 0 Å². The molecule has 0 aliphatic heterocycles. The van der Waals surface area contributed by atoms with Crippen molar-refractivity contribution < 1.29 is 18.7 Å². The van der Waals surface area contributed by atoms with E-state index in [4.69, 9.17) is 15.4 Å². The highest BCUT2D eigenvalue weighted by Crippen LogP contribution is 2.23. The number of rotatable bonds is 5. The van der Waals surface area contributed by atoms with Gasteiger partial charge in [-0.25, -0.2) is 8.78 Å². The van der Waals surface area contributed by atoms with Crippen LogP contribution in [0.3, 0.4) is 0 Å². The number of halogens is 2. The maximum Gasteiger partial charge on any atom is 0.190 e. The van der Waals surface area contributed by atoms with Crippen LogP contribution in [0.5, 0.6) is 5.75 Å². The van der Waals surface area contributed by atoms with E-state index in [-0.39, 0.29) is 12.2 Å². The van der Waals surface area contributed by atoms with Crippen LogP contribution in [-0.4, -0.2) is 17.6 Å². The van der Waals surface area contributed by atoms with Crippen molar-refractivity contribution in [1.82, 2.24) is 5.48 Å². The molecule has 0 atom stereocenters. The smallest absolute Gasteiger partial charge is 0.190 e. The fourth-order valence-corrected chi connectivity index (χ4v) is 1.23. The van der Waals surface area contributed by atoms with Crippen LogP contribution in [0.2, 0.25) is 0 Å². The summed E-state index contributed by atoms with van der Waals surface area (Å²) in [5.41, 5.74) is 1.42. The predicted octanol–water partition coefficient (Wildman–Crippen LogP) is 2.45. The van der Waals surface area contributed by atoms with Crippen LogP contribution in [0.25, 0.3) is 0 Å². The SMILES string of the molecule is CCCCOc1c(F)cc(C(=N)NO)cc1F. The number of hydrogen-bond acceptors (Lipinski definition) is 3. The van der Waals surface area contributed by atoms with Crippen molar-refractivity contribution in [2.24, 2.45) is 0 Å². The molecule has 0 fully saturated rings. The van der Waals surface area contributed by atoms with Crippen LogP contribution in [0.1, 0.15) is 25.3 Å².